The molecule has 2 rings (SSSR count). The lowest BCUT2D eigenvalue weighted by Gasteiger charge is -2.04. The van der Waals surface area contributed by atoms with E-state index >= 15 is 0 Å². The van der Waals surface area contributed by atoms with Gasteiger partial charge in [-0.05, 0) is 36.2 Å². The molecule has 2 aromatic rings. The largest absolute Gasteiger partial charge is 0.478 e. The molecule has 4 N–H and O–H groups in total. The van der Waals surface area contributed by atoms with Crippen LogP contribution in [0.4, 0.5) is 0 Å². The summed E-state index contributed by atoms with van der Waals surface area (Å²) in [4.78, 5) is 22.7. The van der Waals surface area contributed by atoms with Gasteiger partial charge in [-0.2, -0.15) is 0 Å². The summed E-state index contributed by atoms with van der Waals surface area (Å²) >= 11 is 0. The molecule has 0 aliphatic rings. The number of amides is 1. The molecule has 0 radical (unpaired) electrons. The van der Waals surface area contributed by atoms with Crippen molar-refractivity contribution in [3.63, 3.8) is 0 Å². The van der Waals surface area contributed by atoms with Crippen molar-refractivity contribution in [3.05, 3.63) is 59.0 Å². The number of carbonyl (C=O) groups excluding carboxylic acids is 1. The molecule has 0 bridgehead atoms. The maximum Gasteiger partial charge on any atom is 0.335 e. The van der Waals surface area contributed by atoms with E-state index in [4.69, 9.17) is 15.3 Å². The van der Waals surface area contributed by atoms with Crippen LogP contribution in [-0.2, 0) is 13.0 Å². The lowest BCUT2D eigenvalue weighted by Crippen LogP contribution is -2.25. The highest BCUT2D eigenvalue weighted by Crippen LogP contribution is 2.08. The monoisotopic (exact) mass is 288 g/mol. The fraction of sp³-hybridized carbons (Fsp3) is 0.200. The normalized spacial score (nSPS) is 10.3. The summed E-state index contributed by atoms with van der Waals surface area (Å²) < 4.78 is 5.23. The highest BCUT2D eigenvalue weighted by atomic mass is 16.4. The van der Waals surface area contributed by atoms with Gasteiger partial charge < -0.3 is 20.6 Å². The third-order valence-corrected chi connectivity index (χ3v) is 2.96. The van der Waals surface area contributed by atoms with Crippen LogP contribution < -0.4 is 11.1 Å². The van der Waals surface area contributed by atoms with E-state index < -0.39 is 5.97 Å². The Bertz CT molecular complexity index is 649. The quantitative estimate of drug-likeness (QED) is 0.745. The van der Waals surface area contributed by atoms with E-state index in [-0.39, 0.29) is 23.8 Å². The van der Waals surface area contributed by atoms with Crippen molar-refractivity contribution in [2.75, 3.05) is 6.54 Å². The van der Waals surface area contributed by atoms with Crippen LogP contribution in [-0.4, -0.2) is 23.5 Å². The molecule has 0 spiro atoms. The Morgan fingerprint density at radius 1 is 1.24 bits per heavy atom. The molecular formula is C15H16N2O4. The zero-order valence-corrected chi connectivity index (χ0v) is 11.3. The van der Waals surface area contributed by atoms with E-state index in [0.29, 0.717) is 18.7 Å². The fourth-order valence-electron chi connectivity index (χ4n) is 1.88. The Balaban J connectivity index is 1.87. The van der Waals surface area contributed by atoms with E-state index in [1.807, 2.05) is 6.07 Å². The van der Waals surface area contributed by atoms with Gasteiger partial charge in [0, 0.05) is 6.54 Å². The van der Waals surface area contributed by atoms with E-state index in [1.54, 1.807) is 24.3 Å². The van der Waals surface area contributed by atoms with Crippen LogP contribution in [0, 0.1) is 0 Å². The van der Waals surface area contributed by atoms with E-state index in [9.17, 15) is 9.59 Å². The van der Waals surface area contributed by atoms with Gasteiger partial charge in [0.25, 0.3) is 5.91 Å². The number of carboxylic acid groups (broad SMARTS) is 1. The minimum Gasteiger partial charge on any atom is -0.478 e. The number of aromatic carboxylic acids is 1. The highest BCUT2D eigenvalue weighted by molar-refractivity contribution is 5.91. The average Bonchev–Trinajstić information content (AvgIpc) is 2.96. The summed E-state index contributed by atoms with van der Waals surface area (Å²) in [5, 5.41) is 11.6. The van der Waals surface area contributed by atoms with Crippen molar-refractivity contribution in [2.24, 2.45) is 5.73 Å². The summed E-state index contributed by atoms with van der Waals surface area (Å²) in [5.41, 5.74) is 6.48. The van der Waals surface area contributed by atoms with Crippen molar-refractivity contribution < 1.29 is 19.1 Å². The molecule has 0 aliphatic heterocycles. The number of hydrogen-bond acceptors (Lipinski definition) is 4. The van der Waals surface area contributed by atoms with Gasteiger partial charge in [0.05, 0.1) is 12.1 Å². The number of furan rings is 1. The smallest absolute Gasteiger partial charge is 0.335 e. The van der Waals surface area contributed by atoms with Crippen LogP contribution in [0.25, 0.3) is 0 Å². The molecular weight excluding hydrogens is 272 g/mol. The summed E-state index contributed by atoms with van der Waals surface area (Å²) in [6, 6.07) is 9.85. The van der Waals surface area contributed by atoms with Gasteiger partial charge >= 0.3 is 5.97 Å². The molecule has 1 amide bonds. The topological polar surface area (TPSA) is 106 Å². The maximum atomic E-state index is 11.8. The first kappa shape index (κ1) is 14.8. The Morgan fingerprint density at radius 2 is 2.05 bits per heavy atom. The molecule has 0 saturated heterocycles. The molecule has 21 heavy (non-hydrogen) atoms. The van der Waals surface area contributed by atoms with Gasteiger partial charge in [0.15, 0.2) is 5.76 Å². The molecule has 6 nitrogen and oxygen atoms in total. The first-order chi connectivity index (χ1) is 10.1. The predicted molar refractivity (Wildman–Crippen MR) is 76.0 cm³/mol. The Labute approximate surface area is 121 Å². The Kier molecular flexibility index (Phi) is 4.73. The van der Waals surface area contributed by atoms with Gasteiger partial charge in [-0.25, -0.2) is 4.79 Å². The average molecular weight is 288 g/mol. The van der Waals surface area contributed by atoms with Gasteiger partial charge in [-0.3, -0.25) is 4.79 Å². The standard InChI is InChI=1S/C15H16N2O4/c16-9-12-4-5-13(21-12)14(18)17-7-6-10-2-1-3-11(8-10)15(19)20/h1-5,8H,6-7,9,16H2,(H,17,18)(H,19,20). The molecule has 0 aliphatic carbocycles. The molecule has 1 aromatic carbocycles. The summed E-state index contributed by atoms with van der Waals surface area (Å²) in [6.07, 6.45) is 0.539. The van der Waals surface area contributed by atoms with Crippen LogP contribution in [0.15, 0.2) is 40.8 Å². The summed E-state index contributed by atoms with van der Waals surface area (Å²) in [7, 11) is 0. The number of hydrogen-bond donors (Lipinski definition) is 3. The highest BCUT2D eigenvalue weighted by Gasteiger charge is 2.10. The predicted octanol–water partition coefficient (Wildman–Crippen LogP) is 1.41. The first-order valence-electron chi connectivity index (χ1n) is 6.49. The molecule has 0 saturated carbocycles. The lowest BCUT2D eigenvalue weighted by molar-refractivity contribution is 0.0696. The number of carbonyl (C=O) groups is 2. The molecule has 6 heteroatoms. The van der Waals surface area contributed by atoms with Crippen molar-refractivity contribution in [1.29, 1.82) is 0 Å². The van der Waals surface area contributed by atoms with E-state index in [0.717, 1.165) is 5.56 Å². The summed E-state index contributed by atoms with van der Waals surface area (Å²) in [5.74, 6) is -0.515. The van der Waals surface area contributed by atoms with Crippen molar-refractivity contribution in [2.45, 2.75) is 13.0 Å². The zero-order valence-electron chi connectivity index (χ0n) is 11.3. The third kappa shape index (κ3) is 3.93. The van der Waals surface area contributed by atoms with Crippen molar-refractivity contribution >= 4 is 11.9 Å². The van der Waals surface area contributed by atoms with Crippen LogP contribution in [0.2, 0.25) is 0 Å². The lowest BCUT2D eigenvalue weighted by atomic mass is 10.1. The Hall–Kier alpha value is -2.60. The summed E-state index contributed by atoms with van der Waals surface area (Å²) in [6.45, 7) is 0.635. The van der Waals surface area contributed by atoms with Gasteiger partial charge in [-0.1, -0.05) is 12.1 Å². The second-order valence-corrected chi connectivity index (χ2v) is 4.48. The molecule has 0 unspecified atom stereocenters. The van der Waals surface area contributed by atoms with Crippen molar-refractivity contribution in [3.8, 4) is 0 Å². The number of carboxylic acids is 1. The Morgan fingerprint density at radius 3 is 2.71 bits per heavy atom. The molecule has 1 heterocycles. The minimum atomic E-state index is -0.967. The van der Waals surface area contributed by atoms with E-state index in [2.05, 4.69) is 5.32 Å². The second-order valence-electron chi connectivity index (χ2n) is 4.48. The molecule has 110 valence electrons. The SMILES string of the molecule is NCc1ccc(C(=O)NCCc2cccc(C(=O)O)c2)o1. The van der Waals surface area contributed by atoms with Crippen molar-refractivity contribution in [1.82, 2.24) is 5.32 Å². The van der Waals surface area contributed by atoms with Gasteiger partial charge in [0.1, 0.15) is 5.76 Å². The van der Waals surface area contributed by atoms with E-state index in [1.165, 1.54) is 6.07 Å². The third-order valence-electron chi connectivity index (χ3n) is 2.96. The molecule has 0 atom stereocenters. The van der Waals surface area contributed by atoms with Crippen LogP contribution >= 0.6 is 0 Å². The maximum absolute atomic E-state index is 11.8. The van der Waals surface area contributed by atoms with Gasteiger partial charge in [0.2, 0.25) is 0 Å². The minimum absolute atomic E-state index is 0.217. The zero-order chi connectivity index (χ0) is 15.2. The first-order valence-corrected chi connectivity index (χ1v) is 6.49. The van der Waals surface area contributed by atoms with Crippen LogP contribution in [0.3, 0.4) is 0 Å². The number of benzene rings is 1. The van der Waals surface area contributed by atoms with Crippen LogP contribution in [0.1, 0.15) is 32.2 Å². The van der Waals surface area contributed by atoms with Crippen LogP contribution in [0.5, 0.6) is 0 Å². The number of nitrogens with one attached hydrogen (secondary N) is 1. The number of nitrogens with two attached hydrogens (primary N) is 1. The number of rotatable bonds is 6. The van der Waals surface area contributed by atoms with Gasteiger partial charge in [-0.15, -0.1) is 0 Å². The molecule has 0 fully saturated rings. The molecule has 1 aromatic heterocycles. The second kappa shape index (κ2) is 6.71. The fourth-order valence-corrected chi connectivity index (χ4v) is 1.88.